The van der Waals surface area contributed by atoms with E-state index in [0.29, 0.717) is 0 Å². The van der Waals surface area contributed by atoms with E-state index in [9.17, 15) is 0 Å². The predicted molar refractivity (Wildman–Crippen MR) is 38.4 cm³/mol. The van der Waals surface area contributed by atoms with Gasteiger partial charge in [0.1, 0.15) is 21.0 Å². The van der Waals surface area contributed by atoms with E-state index in [1.807, 2.05) is 0 Å². The molecule has 2 radical (unpaired) electrons. The van der Waals surface area contributed by atoms with Crippen LogP contribution in [0.25, 0.3) is 0 Å². The fraction of sp³-hybridized carbons (Fsp3) is 1.00. The Morgan fingerprint density at radius 1 is 1.33 bits per heavy atom. The van der Waals surface area contributed by atoms with Gasteiger partial charge in [0.2, 0.25) is 0 Å². The molecule has 0 aliphatic carbocycles. The summed E-state index contributed by atoms with van der Waals surface area (Å²) in [5.74, 6) is 0. The molecule has 0 heterocycles. The van der Waals surface area contributed by atoms with Crippen molar-refractivity contribution >= 4 is 42.1 Å². The van der Waals surface area contributed by atoms with Crippen LogP contribution >= 0.6 is 0 Å². The van der Waals surface area contributed by atoms with Gasteiger partial charge in [-0.15, -0.1) is 0 Å². The van der Waals surface area contributed by atoms with Gasteiger partial charge in [-0.05, 0) is 0 Å². The topological polar surface area (TPSA) is 9.23 Å². The monoisotopic (exact) mass is 228 g/mol. The first-order chi connectivity index (χ1) is 2.83. The van der Waals surface area contributed by atoms with Gasteiger partial charge in [0.05, 0.1) is 0 Å². The first-order valence-corrected chi connectivity index (χ1v) is 9.16. The van der Waals surface area contributed by atoms with Gasteiger partial charge in [-0.2, -0.15) is 0 Å². The fourth-order valence-corrected chi connectivity index (χ4v) is 0. The normalized spacial score (nSPS) is 7.00. The van der Waals surface area contributed by atoms with Crippen LogP contribution in [0.2, 0.25) is 9.88 Å². The smallest absolute Gasteiger partial charge is 0.129 e. The molecule has 0 bridgehead atoms. The van der Waals surface area contributed by atoms with Crippen molar-refractivity contribution in [2.45, 2.75) is 9.88 Å². The Kier molecular flexibility index (Phi) is 27.9. The quantitative estimate of drug-likeness (QED) is 0.450. The molecular weight excluding hydrogens is 215 g/mol. The van der Waals surface area contributed by atoms with Crippen molar-refractivity contribution in [3.05, 3.63) is 0 Å². The Morgan fingerprint density at radius 2 is 1.33 bits per heavy atom. The number of hydrogen-bond acceptors (Lipinski definition) is 1. The maximum absolute atomic E-state index is 4.53. The van der Waals surface area contributed by atoms with Crippen molar-refractivity contribution in [3.63, 3.8) is 0 Å². The maximum atomic E-state index is 4.53. The second kappa shape index (κ2) is 16.4. The van der Waals surface area contributed by atoms with Gasteiger partial charge < -0.3 is 4.12 Å². The van der Waals surface area contributed by atoms with Crippen molar-refractivity contribution in [2.75, 3.05) is 0 Å². The Bertz CT molecular complexity index is 13.5. The SMILES string of the molecule is [CH3][Sn][CH3].[SiH3]O[SiH3]. The van der Waals surface area contributed by atoms with Gasteiger partial charge >= 0.3 is 31.0 Å². The summed E-state index contributed by atoms with van der Waals surface area (Å²) in [7, 11) is 1.86. The van der Waals surface area contributed by atoms with Crippen LogP contribution in [0.4, 0.5) is 0 Å². The third kappa shape index (κ3) is 64.2. The molecule has 0 saturated carbocycles. The van der Waals surface area contributed by atoms with Crippen LogP contribution in [-0.4, -0.2) is 42.1 Å². The summed E-state index contributed by atoms with van der Waals surface area (Å²) < 4.78 is 4.53. The summed E-state index contributed by atoms with van der Waals surface area (Å²) in [6, 6.07) is 0. The van der Waals surface area contributed by atoms with E-state index in [1.165, 1.54) is 0 Å². The molecule has 38 valence electrons. The van der Waals surface area contributed by atoms with Gasteiger partial charge in [0, 0.05) is 0 Å². The molecule has 0 aromatic heterocycles. The molecular formula is C2H12OSi2Sn. The molecule has 1 nitrogen and oxygen atoms in total. The molecule has 0 spiro atoms. The van der Waals surface area contributed by atoms with Gasteiger partial charge in [0.25, 0.3) is 0 Å². The Morgan fingerprint density at radius 3 is 1.33 bits per heavy atom. The molecule has 4 heteroatoms. The van der Waals surface area contributed by atoms with Crippen LogP contribution in [-0.2, 0) is 4.12 Å². The molecule has 0 fully saturated rings. The second-order valence-electron chi connectivity index (χ2n) is 0.908. The molecule has 0 aliphatic rings. The van der Waals surface area contributed by atoms with Crippen LogP contribution in [0, 0.1) is 0 Å². The first-order valence-electron chi connectivity index (χ1n) is 1.82. The molecule has 0 aromatic rings. The average molecular weight is 227 g/mol. The maximum Gasteiger partial charge on any atom is 0.129 e. The fourth-order valence-electron chi connectivity index (χ4n) is 0. The number of hydrogen-bond donors (Lipinski definition) is 0. The third-order valence-electron chi connectivity index (χ3n) is 0. The zero-order valence-corrected chi connectivity index (χ0v) is 11.8. The molecule has 0 rings (SSSR count). The first kappa shape index (κ1) is 10.2. The third-order valence-corrected chi connectivity index (χ3v) is 0. The molecule has 0 unspecified atom stereocenters. The van der Waals surface area contributed by atoms with Crippen LogP contribution in [0.3, 0.4) is 0 Å². The van der Waals surface area contributed by atoms with Crippen molar-refractivity contribution in [1.29, 1.82) is 0 Å². The summed E-state index contributed by atoms with van der Waals surface area (Å²) in [5, 5.41) is 0. The minimum Gasteiger partial charge on any atom is -0.471 e. The van der Waals surface area contributed by atoms with E-state index in [2.05, 4.69) is 14.0 Å². The van der Waals surface area contributed by atoms with Crippen molar-refractivity contribution in [1.82, 2.24) is 0 Å². The average Bonchev–Trinajstić information content (AvgIpc) is 1.39. The van der Waals surface area contributed by atoms with Crippen LogP contribution < -0.4 is 0 Å². The van der Waals surface area contributed by atoms with Gasteiger partial charge in [-0.3, -0.25) is 0 Å². The van der Waals surface area contributed by atoms with Gasteiger partial charge in [0.15, 0.2) is 0 Å². The Hall–Kier alpha value is 1.19. The van der Waals surface area contributed by atoms with E-state index in [1.54, 1.807) is 0 Å². The van der Waals surface area contributed by atoms with E-state index >= 15 is 0 Å². The van der Waals surface area contributed by atoms with Gasteiger partial charge in [-0.1, -0.05) is 0 Å². The van der Waals surface area contributed by atoms with E-state index < -0.39 is 0 Å². The summed E-state index contributed by atoms with van der Waals surface area (Å²) >= 11 is 0.230. The molecule has 0 amide bonds. The summed E-state index contributed by atoms with van der Waals surface area (Å²) in [4.78, 5) is 4.59. The summed E-state index contributed by atoms with van der Waals surface area (Å²) in [6.07, 6.45) is 0. The largest absolute Gasteiger partial charge is 0.471 e. The van der Waals surface area contributed by atoms with Gasteiger partial charge in [-0.25, -0.2) is 0 Å². The predicted octanol–water partition coefficient (Wildman–Crippen LogP) is -1.65. The molecule has 0 aliphatic heterocycles. The van der Waals surface area contributed by atoms with E-state index in [4.69, 9.17) is 0 Å². The minimum absolute atomic E-state index is 0.230. The van der Waals surface area contributed by atoms with Crippen molar-refractivity contribution < 1.29 is 4.12 Å². The molecule has 0 N–H and O–H groups in total. The second-order valence-corrected chi connectivity index (χ2v) is 7.03. The summed E-state index contributed by atoms with van der Waals surface area (Å²) in [6.45, 7) is 0. The van der Waals surface area contributed by atoms with Crippen LogP contribution in [0.1, 0.15) is 0 Å². The zero-order valence-electron chi connectivity index (χ0n) is 4.91. The van der Waals surface area contributed by atoms with Crippen LogP contribution in [0.5, 0.6) is 0 Å². The van der Waals surface area contributed by atoms with E-state index in [-0.39, 0.29) is 21.1 Å². The van der Waals surface area contributed by atoms with Crippen molar-refractivity contribution in [3.8, 4) is 0 Å². The minimum atomic E-state index is 0.230. The Balaban J connectivity index is 0. The number of rotatable bonds is 0. The zero-order chi connectivity index (χ0) is 5.41. The van der Waals surface area contributed by atoms with Crippen LogP contribution in [0.15, 0.2) is 0 Å². The van der Waals surface area contributed by atoms with Crippen molar-refractivity contribution in [2.24, 2.45) is 0 Å². The molecule has 6 heavy (non-hydrogen) atoms. The molecule has 0 saturated heterocycles. The molecule has 0 aromatic carbocycles. The Labute approximate surface area is 56.2 Å². The molecule has 0 atom stereocenters. The summed E-state index contributed by atoms with van der Waals surface area (Å²) in [5.41, 5.74) is 0. The standard InChI is InChI=1S/2CH3.H6OSi2.Sn/c;;2-1-3;/h2*1H3;2-3H3;. The van der Waals surface area contributed by atoms with E-state index in [0.717, 1.165) is 21.0 Å².